The summed E-state index contributed by atoms with van der Waals surface area (Å²) in [5, 5.41) is 5.98. The standard InChI is InChI=1S/C41H54N4O8S/c1-52-36(46)21-24-44-23-10-9-16-32(39(44)49)42-37(47)30(26-28-12-5-3-6-13-28)19-20-31(27-29-14-7-4-8-15-29)38(48)43-33-22-25-54-35-18-11-17-34(41(51)53-2)45(35)40(33)50/h3-8,12-15,30-35H,9-11,16-27H2,1-2H3,(H,42,47)(H,43,48). The van der Waals surface area contributed by atoms with Gasteiger partial charge in [-0.25, -0.2) is 4.79 Å². The molecule has 2 aromatic rings. The monoisotopic (exact) mass is 762 g/mol. The number of thioether (sulfide) groups is 1. The van der Waals surface area contributed by atoms with Crippen molar-refractivity contribution in [3.05, 3.63) is 71.8 Å². The lowest BCUT2D eigenvalue weighted by Gasteiger charge is -2.40. The normalized spacial score (nSPS) is 22.9. The van der Waals surface area contributed by atoms with Crippen molar-refractivity contribution in [2.45, 2.75) is 101 Å². The second-order valence-corrected chi connectivity index (χ2v) is 15.7. The highest BCUT2D eigenvalue weighted by atomic mass is 32.2. The van der Waals surface area contributed by atoms with Crippen LogP contribution in [0.2, 0.25) is 0 Å². The van der Waals surface area contributed by atoms with Crippen molar-refractivity contribution in [3.63, 3.8) is 0 Å². The van der Waals surface area contributed by atoms with E-state index in [2.05, 4.69) is 10.6 Å². The Labute approximate surface area is 322 Å². The van der Waals surface area contributed by atoms with E-state index in [0.717, 1.165) is 36.8 Å². The van der Waals surface area contributed by atoms with E-state index in [4.69, 9.17) is 9.47 Å². The highest BCUT2D eigenvalue weighted by Crippen LogP contribution is 2.35. The number of benzene rings is 2. The van der Waals surface area contributed by atoms with Crippen molar-refractivity contribution in [2.24, 2.45) is 11.8 Å². The molecule has 0 spiro atoms. The number of rotatable bonds is 15. The molecule has 6 atom stereocenters. The maximum atomic E-state index is 14.2. The highest BCUT2D eigenvalue weighted by Gasteiger charge is 2.44. The number of nitrogens with zero attached hydrogens (tertiary/aromatic N) is 2. The average molecular weight is 763 g/mol. The predicted molar refractivity (Wildman–Crippen MR) is 205 cm³/mol. The van der Waals surface area contributed by atoms with E-state index >= 15 is 0 Å². The number of amides is 4. The molecule has 0 saturated carbocycles. The summed E-state index contributed by atoms with van der Waals surface area (Å²) in [5.74, 6) is -2.26. The van der Waals surface area contributed by atoms with Crippen molar-refractivity contribution in [1.82, 2.24) is 20.4 Å². The number of fused-ring (bicyclic) bond motifs is 1. The summed E-state index contributed by atoms with van der Waals surface area (Å²) >= 11 is 1.64. The lowest BCUT2D eigenvalue weighted by atomic mass is 9.86. The number of hydrogen-bond acceptors (Lipinski definition) is 9. The van der Waals surface area contributed by atoms with Crippen molar-refractivity contribution < 1.29 is 38.2 Å². The summed E-state index contributed by atoms with van der Waals surface area (Å²) in [7, 11) is 2.65. The second-order valence-electron chi connectivity index (χ2n) is 14.4. The molecule has 0 bridgehead atoms. The molecular weight excluding hydrogens is 709 g/mol. The first-order valence-electron chi connectivity index (χ1n) is 19.2. The van der Waals surface area contributed by atoms with Crippen molar-refractivity contribution in [2.75, 3.05) is 33.1 Å². The maximum Gasteiger partial charge on any atom is 0.328 e. The van der Waals surface area contributed by atoms with Gasteiger partial charge in [-0.1, -0.05) is 60.7 Å². The van der Waals surface area contributed by atoms with Gasteiger partial charge in [-0.2, -0.15) is 0 Å². The third-order valence-corrected chi connectivity index (χ3v) is 12.1. The SMILES string of the molecule is COC(=O)CCN1CCCCC(NC(=O)C(CCC(Cc2ccccc2)C(=O)NC2CCSC3CCCC(C(=O)OC)N3C2=O)Cc2ccccc2)C1=O. The molecule has 3 aliphatic rings. The first kappa shape index (κ1) is 40.8. The first-order valence-corrected chi connectivity index (χ1v) is 20.3. The van der Waals surface area contributed by atoms with E-state index in [1.54, 1.807) is 21.6 Å². The Balaban J connectivity index is 1.33. The topological polar surface area (TPSA) is 151 Å². The van der Waals surface area contributed by atoms with E-state index in [-0.39, 0.29) is 42.0 Å². The number of carbonyl (C=O) groups is 6. The van der Waals surface area contributed by atoms with Crippen LogP contribution in [0.15, 0.2) is 60.7 Å². The Morgan fingerprint density at radius 2 is 1.33 bits per heavy atom. The third kappa shape index (κ3) is 11.1. The van der Waals surface area contributed by atoms with Gasteiger partial charge in [0.25, 0.3) is 0 Å². The molecule has 2 N–H and O–H groups in total. The fourth-order valence-corrected chi connectivity index (χ4v) is 9.16. The molecule has 5 rings (SSSR count). The molecule has 54 heavy (non-hydrogen) atoms. The average Bonchev–Trinajstić information content (AvgIpc) is 3.47. The summed E-state index contributed by atoms with van der Waals surface area (Å²) in [6, 6.07) is 17.2. The van der Waals surface area contributed by atoms with Crippen LogP contribution in [-0.4, -0.2) is 102 Å². The van der Waals surface area contributed by atoms with Crippen LogP contribution >= 0.6 is 11.8 Å². The molecule has 0 aromatic heterocycles. The number of hydrogen-bond donors (Lipinski definition) is 2. The van der Waals surface area contributed by atoms with Gasteiger partial charge >= 0.3 is 11.9 Å². The molecule has 6 unspecified atom stereocenters. The van der Waals surface area contributed by atoms with E-state index in [1.807, 2.05) is 60.7 Å². The molecule has 12 nitrogen and oxygen atoms in total. The van der Waals surface area contributed by atoms with Crippen molar-refractivity contribution in [3.8, 4) is 0 Å². The van der Waals surface area contributed by atoms with E-state index in [0.29, 0.717) is 57.2 Å². The summed E-state index contributed by atoms with van der Waals surface area (Å²) in [5.41, 5.74) is 1.92. The van der Waals surface area contributed by atoms with Gasteiger partial charge in [0.05, 0.1) is 26.0 Å². The van der Waals surface area contributed by atoms with Crippen LogP contribution in [-0.2, 0) is 51.1 Å². The Kier molecular flexibility index (Phi) is 15.4. The number of esters is 2. The number of methoxy groups -OCH3 is 2. The second kappa shape index (κ2) is 20.3. The molecule has 0 aliphatic carbocycles. The zero-order valence-electron chi connectivity index (χ0n) is 31.4. The zero-order chi connectivity index (χ0) is 38.5. The largest absolute Gasteiger partial charge is 0.469 e. The summed E-state index contributed by atoms with van der Waals surface area (Å²) in [6.07, 6.45) is 6.24. The van der Waals surface area contributed by atoms with Crippen LogP contribution in [0.4, 0.5) is 0 Å². The number of likely N-dealkylation sites (tertiary alicyclic amines) is 1. The minimum Gasteiger partial charge on any atom is -0.469 e. The fourth-order valence-electron chi connectivity index (χ4n) is 7.77. The molecular formula is C41H54N4O8S. The quantitative estimate of drug-likeness (QED) is 0.256. The Morgan fingerprint density at radius 1 is 0.741 bits per heavy atom. The molecule has 3 aliphatic heterocycles. The van der Waals surface area contributed by atoms with Gasteiger partial charge in [-0.15, -0.1) is 11.8 Å². The van der Waals surface area contributed by atoms with Gasteiger partial charge in [0.15, 0.2) is 0 Å². The van der Waals surface area contributed by atoms with Crippen LogP contribution < -0.4 is 10.6 Å². The Morgan fingerprint density at radius 3 is 1.91 bits per heavy atom. The van der Waals surface area contributed by atoms with Gasteiger partial charge in [-0.05, 0) is 87.5 Å². The van der Waals surface area contributed by atoms with Gasteiger partial charge in [-0.3, -0.25) is 24.0 Å². The Bertz CT molecular complexity index is 1590. The van der Waals surface area contributed by atoms with Gasteiger partial charge < -0.3 is 29.9 Å². The van der Waals surface area contributed by atoms with Crippen LogP contribution in [0.5, 0.6) is 0 Å². The van der Waals surface area contributed by atoms with Crippen molar-refractivity contribution in [1.29, 1.82) is 0 Å². The number of ether oxygens (including phenoxy) is 2. The van der Waals surface area contributed by atoms with Crippen LogP contribution in [0.25, 0.3) is 0 Å². The maximum absolute atomic E-state index is 14.2. The number of carbonyl (C=O) groups excluding carboxylic acids is 6. The third-order valence-electron chi connectivity index (χ3n) is 10.8. The molecule has 292 valence electrons. The lowest BCUT2D eigenvalue weighted by molar-refractivity contribution is -0.156. The molecule has 2 aromatic carbocycles. The van der Waals surface area contributed by atoms with Gasteiger partial charge in [0.2, 0.25) is 23.6 Å². The van der Waals surface area contributed by atoms with E-state index in [1.165, 1.54) is 14.2 Å². The van der Waals surface area contributed by atoms with E-state index in [9.17, 15) is 28.8 Å². The smallest absolute Gasteiger partial charge is 0.328 e. The van der Waals surface area contributed by atoms with Gasteiger partial charge in [0, 0.05) is 24.9 Å². The van der Waals surface area contributed by atoms with E-state index < -0.39 is 41.9 Å². The molecule has 3 heterocycles. The molecule has 0 radical (unpaired) electrons. The zero-order valence-corrected chi connectivity index (χ0v) is 32.2. The summed E-state index contributed by atoms with van der Waals surface area (Å²) < 4.78 is 9.82. The molecule has 3 fully saturated rings. The summed E-state index contributed by atoms with van der Waals surface area (Å²) in [6.45, 7) is 0.738. The Hall–Kier alpha value is -4.39. The van der Waals surface area contributed by atoms with Crippen LogP contribution in [0, 0.1) is 11.8 Å². The number of nitrogens with one attached hydrogen (secondary N) is 2. The first-order chi connectivity index (χ1) is 26.2. The summed E-state index contributed by atoms with van der Waals surface area (Å²) in [4.78, 5) is 83.8. The van der Waals surface area contributed by atoms with Gasteiger partial charge in [0.1, 0.15) is 18.1 Å². The number of piperidine rings is 1. The predicted octanol–water partition coefficient (Wildman–Crippen LogP) is 4.05. The minimum absolute atomic E-state index is 0.0835. The highest BCUT2D eigenvalue weighted by molar-refractivity contribution is 7.99. The molecule has 3 saturated heterocycles. The van der Waals surface area contributed by atoms with Crippen LogP contribution in [0.1, 0.15) is 75.3 Å². The lowest BCUT2D eigenvalue weighted by Crippen LogP contribution is -2.57. The molecule has 13 heteroatoms. The van der Waals surface area contributed by atoms with Crippen molar-refractivity contribution >= 4 is 47.3 Å². The van der Waals surface area contributed by atoms with Crippen LogP contribution in [0.3, 0.4) is 0 Å². The molecule has 4 amide bonds. The fraction of sp³-hybridized carbons (Fsp3) is 0.561. The minimum atomic E-state index is -0.787.